The van der Waals surface area contributed by atoms with E-state index in [2.05, 4.69) is 10.6 Å². The summed E-state index contributed by atoms with van der Waals surface area (Å²) in [5.41, 5.74) is 2.31. The van der Waals surface area contributed by atoms with Crippen LogP contribution >= 0.6 is 11.6 Å². The lowest BCUT2D eigenvalue weighted by Gasteiger charge is -2.27. The first-order valence-corrected chi connectivity index (χ1v) is 20.2. The summed E-state index contributed by atoms with van der Waals surface area (Å²) in [5, 5.41) is 6.00. The van der Waals surface area contributed by atoms with E-state index < -0.39 is 35.5 Å². The predicted molar refractivity (Wildman–Crippen MR) is 224 cm³/mol. The number of benzene rings is 4. The number of rotatable bonds is 20. The third-order valence-corrected chi connectivity index (χ3v) is 10.3. The Hall–Kier alpha value is -6.46. The van der Waals surface area contributed by atoms with Crippen molar-refractivity contribution in [3.05, 3.63) is 111 Å². The fourth-order valence-corrected chi connectivity index (χ4v) is 7.37. The van der Waals surface area contributed by atoms with E-state index in [0.717, 1.165) is 16.7 Å². The lowest BCUT2D eigenvalue weighted by Crippen LogP contribution is -2.54. The highest BCUT2D eigenvalue weighted by Crippen LogP contribution is 2.38. The molecular formula is C45H41ClFN3O12. The first kappa shape index (κ1) is 43.6. The maximum absolute atomic E-state index is 14.3. The van der Waals surface area contributed by atoms with Crippen molar-refractivity contribution >= 4 is 58.2 Å². The average molecular weight is 870 g/mol. The van der Waals surface area contributed by atoms with Gasteiger partial charge in [0.1, 0.15) is 47.6 Å². The third kappa shape index (κ3) is 9.84. The lowest BCUT2D eigenvalue weighted by atomic mass is 10.00. The van der Waals surface area contributed by atoms with Crippen LogP contribution in [0.5, 0.6) is 11.5 Å². The molecule has 17 heteroatoms. The second-order valence-electron chi connectivity index (χ2n) is 14.1. The summed E-state index contributed by atoms with van der Waals surface area (Å²) in [5.74, 6) is -2.17. The molecule has 1 aromatic heterocycles. The molecule has 2 aliphatic rings. The summed E-state index contributed by atoms with van der Waals surface area (Å²) >= 11 is 6.64. The number of amides is 4. The topological polar surface area (TPSA) is 189 Å². The van der Waals surface area contributed by atoms with Gasteiger partial charge in [0, 0.05) is 47.5 Å². The highest BCUT2D eigenvalue weighted by molar-refractivity contribution is 6.33. The zero-order valence-corrected chi connectivity index (χ0v) is 34.2. The van der Waals surface area contributed by atoms with Crippen LogP contribution in [-0.2, 0) is 23.8 Å². The number of halogens is 2. The molecule has 1 fully saturated rings. The summed E-state index contributed by atoms with van der Waals surface area (Å²) < 4.78 is 48.8. The third-order valence-electron chi connectivity index (χ3n) is 9.97. The van der Waals surface area contributed by atoms with Gasteiger partial charge in [0.25, 0.3) is 11.8 Å². The standard InChI is InChI=1S/C45H41ClFN3O12/c1-2-60-38-24-40-33(22-32(38)27-18-26(25-51)19-28(47)20-27)36(52)23-39(62-40)30-7-6-29(21-34(30)46)48-10-11-57-12-13-58-14-15-59-16-17-61-37-5-3-4-31-42(37)45(56)50(44(31)55)35-8-9-41(53)49-43(35)54/h3-7,18-25,35,48H,2,8-17H2,1H3,(H,49,53,54). The normalized spacial score (nSPS) is 14.9. The van der Waals surface area contributed by atoms with Crippen LogP contribution in [0, 0.1) is 5.82 Å². The zero-order valence-electron chi connectivity index (χ0n) is 33.5. The number of carbonyl (C=O) groups excluding carboxylic acids is 5. The molecule has 1 atom stereocenters. The highest BCUT2D eigenvalue weighted by Gasteiger charge is 2.46. The molecule has 62 heavy (non-hydrogen) atoms. The first-order valence-electron chi connectivity index (χ1n) is 19.8. The monoisotopic (exact) mass is 869 g/mol. The van der Waals surface area contributed by atoms with Gasteiger partial charge in [0.15, 0.2) is 5.43 Å². The van der Waals surface area contributed by atoms with Gasteiger partial charge in [0.2, 0.25) is 11.8 Å². The molecule has 4 aromatic carbocycles. The quantitative estimate of drug-likeness (QED) is 0.0522. The fourth-order valence-electron chi connectivity index (χ4n) is 7.10. The Labute approximate surface area is 359 Å². The summed E-state index contributed by atoms with van der Waals surface area (Å²) in [6, 6.07) is 17.2. The second kappa shape index (κ2) is 19.9. The van der Waals surface area contributed by atoms with E-state index in [1.807, 2.05) is 0 Å². The van der Waals surface area contributed by atoms with E-state index in [1.54, 1.807) is 49.4 Å². The fraction of sp³-hybridized carbons (Fsp3) is 0.289. The summed E-state index contributed by atoms with van der Waals surface area (Å²) in [6.45, 7) is 4.52. The van der Waals surface area contributed by atoms with Crippen LogP contribution in [0.4, 0.5) is 10.1 Å². The lowest BCUT2D eigenvalue weighted by molar-refractivity contribution is -0.136. The number of anilines is 1. The van der Waals surface area contributed by atoms with Crippen molar-refractivity contribution in [3.8, 4) is 33.9 Å². The largest absolute Gasteiger partial charge is 0.493 e. The minimum absolute atomic E-state index is 0.0312. The number of ether oxygens (including phenoxy) is 5. The van der Waals surface area contributed by atoms with Crippen molar-refractivity contribution in [1.82, 2.24) is 10.2 Å². The van der Waals surface area contributed by atoms with Gasteiger partial charge in [-0.25, -0.2) is 4.39 Å². The first-order chi connectivity index (χ1) is 30.1. The molecule has 0 aliphatic carbocycles. The number of hydrogen-bond acceptors (Lipinski definition) is 13. The molecule has 5 aromatic rings. The van der Waals surface area contributed by atoms with Crippen LogP contribution in [-0.4, -0.2) is 100 Å². The van der Waals surface area contributed by atoms with Crippen LogP contribution in [0.15, 0.2) is 82.0 Å². The molecule has 2 aliphatic heterocycles. The molecule has 7 rings (SSSR count). The molecule has 3 heterocycles. The van der Waals surface area contributed by atoms with Crippen LogP contribution in [0.2, 0.25) is 5.02 Å². The number of imide groups is 2. The van der Waals surface area contributed by atoms with Crippen molar-refractivity contribution in [1.29, 1.82) is 0 Å². The van der Waals surface area contributed by atoms with E-state index in [-0.39, 0.29) is 77.3 Å². The molecule has 2 N–H and O–H groups in total. The number of carbonyl (C=O) groups is 5. The Morgan fingerprint density at radius 1 is 0.823 bits per heavy atom. The van der Waals surface area contributed by atoms with Gasteiger partial charge in [-0.1, -0.05) is 17.7 Å². The average Bonchev–Trinajstić information content (AvgIpc) is 3.50. The Morgan fingerprint density at radius 2 is 1.58 bits per heavy atom. The van der Waals surface area contributed by atoms with Gasteiger partial charge in [-0.05, 0) is 73.5 Å². The number of fused-ring (bicyclic) bond motifs is 2. The van der Waals surface area contributed by atoms with E-state index in [0.29, 0.717) is 73.3 Å². The highest BCUT2D eigenvalue weighted by atomic mass is 35.5. The zero-order chi connectivity index (χ0) is 43.8. The van der Waals surface area contributed by atoms with E-state index in [1.165, 1.54) is 24.3 Å². The molecule has 0 spiro atoms. The van der Waals surface area contributed by atoms with Gasteiger partial charge < -0.3 is 33.4 Å². The Morgan fingerprint density at radius 3 is 2.31 bits per heavy atom. The number of nitrogens with one attached hydrogen (secondary N) is 2. The second-order valence-corrected chi connectivity index (χ2v) is 14.5. The summed E-state index contributed by atoms with van der Waals surface area (Å²) in [7, 11) is 0. The summed E-state index contributed by atoms with van der Waals surface area (Å²) in [4.78, 5) is 75.6. The van der Waals surface area contributed by atoms with E-state index >= 15 is 0 Å². The van der Waals surface area contributed by atoms with Gasteiger partial charge in [-0.2, -0.15) is 0 Å². The molecule has 0 bridgehead atoms. The molecule has 0 saturated carbocycles. The van der Waals surface area contributed by atoms with E-state index in [9.17, 15) is 33.2 Å². The number of hydrogen-bond donors (Lipinski definition) is 2. The molecule has 1 saturated heterocycles. The molecule has 4 amide bonds. The van der Waals surface area contributed by atoms with E-state index in [4.69, 9.17) is 39.7 Å². The van der Waals surface area contributed by atoms with Gasteiger partial charge in [-0.3, -0.25) is 39.0 Å². The maximum Gasteiger partial charge on any atom is 0.266 e. The summed E-state index contributed by atoms with van der Waals surface area (Å²) in [6.07, 6.45) is 0.644. The molecule has 1 unspecified atom stereocenters. The maximum atomic E-state index is 14.3. The van der Waals surface area contributed by atoms with Gasteiger partial charge >= 0.3 is 0 Å². The number of piperidine rings is 1. The smallest absolute Gasteiger partial charge is 0.266 e. The van der Waals surface area contributed by atoms with Crippen molar-refractivity contribution in [2.75, 3.05) is 64.7 Å². The molecular weight excluding hydrogens is 829 g/mol. The van der Waals surface area contributed by atoms with Crippen LogP contribution < -0.4 is 25.5 Å². The van der Waals surface area contributed by atoms with Crippen molar-refractivity contribution in [2.45, 2.75) is 25.8 Å². The van der Waals surface area contributed by atoms with Gasteiger partial charge in [0.05, 0.1) is 67.8 Å². The molecule has 0 radical (unpaired) electrons. The number of aldehydes is 1. The SMILES string of the molecule is CCOc1cc2oc(-c3ccc(NCCOCCOCCOCCOc4cccc5c4C(=O)N(C4CCC(=O)NC4=O)C5=O)cc3Cl)cc(=O)c2cc1-c1cc(F)cc(C=O)c1. The molecule has 322 valence electrons. The minimum atomic E-state index is -1.06. The minimum Gasteiger partial charge on any atom is -0.493 e. The Balaban J connectivity index is 0.808. The van der Waals surface area contributed by atoms with Crippen LogP contribution in [0.1, 0.15) is 50.8 Å². The molecule has 15 nitrogen and oxygen atoms in total. The number of nitrogens with zero attached hydrogens (tertiary/aromatic N) is 1. The van der Waals surface area contributed by atoms with Crippen molar-refractivity contribution in [3.63, 3.8) is 0 Å². The van der Waals surface area contributed by atoms with Crippen molar-refractivity contribution < 1.29 is 56.5 Å². The Bertz CT molecular complexity index is 2600. The Kier molecular flexibility index (Phi) is 14.0. The van der Waals surface area contributed by atoms with Crippen molar-refractivity contribution in [2.24, 2.45) is 0 Å². The van der Waals surface area contributed by atoms with Crippen LogP contribution in [0.25, 0.3) is 33.4 Å². The van der Waals surface area contributed by atoms with Crippen LogP contribution in [0.3, 0.4) is 0 Å². The predicted octanol–water partition coefficient (Wildman–Crippen LogP) is 6.07. The van der Waals surface area contributed by atoms with Gasteiger partial charge in [-0.15, -0.1) is 0 Å².